The van der Waals surface area contributed by atoms with Crippen molar-refractivity contribution in [2.24, 2.45) is 5.92 Å². The van der Waals surface area contributed by atoms with E-state index in [9.17, 15) is 22.8 Å². The molecule has 2 heterocycles. The molecule has 36 heavy (non-hydrogen) atoms. The normalized spacial score (nSPS) is 22.3. The van der Waals surface area contributed by atoms with Gasteiger partial charge in [-0.1, -0.05) is 48.5 Å². The lowest BCUT2D eigenvalue weighted by atomic mass is 9.85. The second-order valence-electron chi connectivity index (χ2n) is 9.88. The van der Waals surface area contributed by atoms with Crippen LogP contribution in [-0.4, -0.2) is 35.5 Å². The topological polar surface area (TPSA) is 46.6 Å². The van der Waals surface area contributed by atoms with Gasteiger partial charge in [0.15, 0.2) is 23.2 Å². The van der Waals surface area contributed by atoms with E-state index in [0.29, 0.717) is 12.8 Å². The first-order chi connectivity index (χ1) is 17.4. The minimum absolute atomic E-state index is 0.0404. The van der Waals surface area contributed by atoms with Crippen molar-refractivity contribution >= 4 is 11.9 Å². The zero-order chi connectivity index (χ0) is 25.0. The molecule has 0 spiro atoms. The van der Waals surface area contributed by atoms with Gasteiger partial charge in [-0.2, -0.15) is 0 Å². The quantitative estimate of drug-likeness (QED) is 0.310. The molecule has 184 valence electrons. The van der Waals surface area contributed by atoms with Crippen molar-refractivity contribution in [1.29, 1.82) is 0 Å². The molecule has 4 nitrogen and oxygen atoms in total. The number of nitrogens with zero attached hydrogens (tertiary/aromatic N) is 1. The van der Waals surface area contributed by atoms with Crippen LogP contribution in [0.25, 0.3) is 11.1 Å². The smallest absolute Gasteiger partial charge is 0.410 e. The number of benzene rings is 3. The summed E-state index contributed by atoms with van der Waals surface area (Å²) in [7, 11) is 0. The molecular formula is C29H24F3NO3. The van der Waals surface area contributed by atoms with Gasteiger partial charge in [0.1, 0.15) is 6.61 Å². The highest BCUT2D eigenvalue weighted by atomic mass is 19.2. The van der Waals surface area contributed by atoms with Crippen LogP contribution in [0.15, 0.2) is 60.7 Å². The van der Waals surface area contributed by atoms with Crippen molar-refractivity contribution in [3.63, 3.8) is 0 Å². The third kappa shape index (κ3) is 3.69. The number of hydrogen-bond donors (Lipinski definition) is 0. The summed E-state index contributed by atoms with van der Waals surface area (Å²) < 4.78 is 46.5. The van der Waals surface area contributed by atoms with E-state index in [1.165, 1.54) is 0 Å². The van der Waals surface area contributed by atoms with E-state index in [-0.39, 0.29) is 30.2 Å². The lowest BCUT2D eigenvalue weighted by molar-refractivity contribution is 0.0505. The van der Waals surface area contributed by atoms with Crippen LogP contribution in [0.5, 0.6) is 0 Å². The number of ether oxygens (including phenoxy) is 1. The highest BCUT2D eigenvalue weighted by Gasteiger charge is 2.46. The molecule has 2 bridgehead atoms. The summed E-state index contributed by atoms with van der Waals surface area (Å²) in [6, 6.07) is 17.4. The largest absolute Gasteiger partial charge is 0.448 e. The van der Waals surface area contributed by atoms with Crippen LogP contribution >= 0.6 is 0 Å². The van der Waals surface area contributed by atoms with Gasteiger partial charge in [0.2, 0.25) is 0 Å². The number of hydrogen-bond acceptors (Lipinski definition) is 3. The van der Waals surface area contributed by atoms with E-state index in [2.05, 4.69) is 24.3 Å². The molecule has 2 atom stereocenters. The number of piperidine rings is 1. The summed E-state index contributed by atoms with van der Waals surface area (Å²) in [6.45, 7) is 0.222. The zero-order valence-electron chi connectivity index (χ0n) is 19.4. The third-order valence-electron chi connectivity index (χ3n) is 7.92. The second kappa shape index (κ2) is 8.80. The lowest BCUT2D eigenvalue weighted by Crippen LogP contribution is -2.48. The Labute approximate surface area is 206 Å². The van der Waals surface area contributed by atoms with Crippen molar-refractivity contribution in [3.8, 4) is 11.1 Å². The summed E-state index contributed by atoms with van der Waals surface area (Å²) in [6.07, 6.45) is 1.87. The predicted molar refractivity (Wildman–Crippen MR) is 127 cm³/mol. The van der Waals surface area contributed by atoms with Crippen LogP contribution in [-0.2, 0) is 4.74 Å². The summed E-state index contributed by atoms with van der Waals surface area (Å²) in [4.78, 5) is 27.9. The molecule has 2 unspecified atom stereocenters. The Kier molecular flexibility index (Phi) is 5.58. The van der Waals surface area contributed by atoms with E-state index >= 15 is 0 Å². The van der Waals surface area contributed by atoms with Crippen molar-refractivity contribution in [1.82, 2.24) is 4.90 Å². The van der Waals surface area contributed by atoms with Gasteiger partial charge in [0.05, 0.1) is 0 Å². The summed E-state index contributed by atoms with van der Waals surface area (Å²) in [5, 5.41) is 0. The average Bonchev–Trinajstić information content (AvgIpc) is 3.35. The molecular weight excluding hydrogens is 467 g/mol. The molecule has 3 aromatic rings. The molecule has 2 saturated heterocycles. The standard InChI is InChI=1S/C29H24F3NO3/c30-25-13-17(14-26(31)27(25)32)28(34)16-11-18-9-10-19(12-16)33(18)29(35)36-15-24-22-7-3-1-5-20(22)21-6-2-4-8-23(21)24/h1-8,13-14,16,18-19,24H,9-12,15H2. The first-order valence-electron chi connectivity index (χ1n) is 12.2. The van der Waals surface area contributed by atoms with E-state index < -0.39 is 35.2 Å². The molecule has 2 aliphatic heterocycles. The molecule has 0 radical (unpaired) electrons. The Balaban J connectivity index is 1.15. The van der Waals surface area contributed by atoms with Gasteiger partial charge >= 0.3 is 6.09 Å². The number of fused-ring (bicyclic) bond motifs is 5. The molecule has 0 saturated carbocycles. The SMILES string of the molecule is O=C(c1cc(F)c(F)c(F)c1)C1CC2CCC(C1)N2C(=O)OCC1c2ccccc2-c2ccccc21. The first-order valence-corrected chi connectivity index (χ1v) is 12.2. The maximum Gasteiger partial charge on any atom is 0.410 e. The Morgan fingerprint density at radius 2 is 1.36 bits per heavy atom. The highest BCUT2D eigenvalue weighted by molar-refractivity contribution is 5.98. The number of ketones is 1. The average molecular weight is 492 g/mol. The Hall–Kier alpha value is -3.61. The number of rotatable bonds is 4. The van der Waals surface area contributed by atoms with E-state index in [0.717, 1.165) is 47.2 Å². The fraction of sp³-hybridized carbons (Fsp3) is 0.310. The number of carbonyl (C=O) groups excluding carboxylic acids is 2. The molecule has 1 amide bonds. The van der Waals surface area contributed by atoms with Gasteiger partial charge in [-0.15, -0.1) is 0 Å². The van der Waals surface area contributed by atoms with Crippen molar-refractivity contribution < 1.29 is 27.5 Å². The zero-order valence-corrected chi connectivity index (χ0v) is 19.4. The molecule has 0 aromatic heterocycles. The third-order valence-corrected chi connectivity index (χ3v) is 7.92. The molecule has 6 rings (SSSR count). The maximum absolute atomic E-state index is 13.7. The molecule has 2 fully saturated rings. The van der Waals surface area contributed by atoms with Gasteiger partial charge in [-0.05, 0) is 60.1 Å². The molecule has 7 heteroatoms. The fourth-order valence-corrected chi connectivity index (χ4v) is 6.29. The minimum atomic E-state index is -1.59. The number of amides is 1. The van der Waals surface area contributed by atoms with Gasteiger partial charge in [0.25, 0.3) is 0 Å². The van der Waals surface area contributed by atoms with Gasteiger partial charge < -0.3 is 9.64 Å². The van der Waals surface area contributed by atoms with Crippen LogP contribution < -0.4 is 0 Å². The van der Waals surface area contributed by atoms with Crippen LogP contribution in [0.1, 0.15) is 53.1 Å². The molecule has 0 N–H and O–H groups in total. The van der Waals surface area contributed by atoms with Crippen LogP contribution in [0.4, 0.5) is 18.0 Å². The minimum Gasteiger partial charge on any atom is -0.448 e. The first kappa shape index (κ1) is 22.8. The molecule has 3 aromatic carbocycles. The number of halogens is 3. The second-order valence-corrected chi connectivity index (χ2v) is 9.88. The van der Waals surface area contributed by atoms with E-state index in [4.69, 9.17) is 4.74 Å². The summed E-state index contributed by atoms with van der Waals surface area (Å²) in [5.41, 5.74) is 4.41. The lowest BCUT2D eigenvalue weighted by Gasteiger charge is -2.37. The monoisotopic (exact) mass is 491 g/mol. The summed E-state index contributed by atoms with van der Waals surface area (Å²) >= 11 is 0. The van der Waals surface area contributed by atoms with Gasteiger partial charge in [0, 0.05) is 29.5 Å². The van der Waals surface area contributed by atoms with Crippen molar-refractivity contribution in [2.75, 3.05) is 6.61 Å². The fourth-order valence-electron chi connectivity index (χ4n) is 6.29. The maximum atomic E-state index is 13.7. The Bertz CT molecular complexity index is 1290. The number of Topliss-reactive ketones (excluding diaryl/α,β-unsaturated/α-hetero) is 1. The molecule has 3 aliphatic rings. The summed E-state index contributed by atoms with van der Waals surface area (Å²) in [5.74, 6) is -5.28. The Morgan fingerprint density at radius 1 is 0.833 bits per heavy atom. The van der Waals surface area contributed by atoms with Crippen molar-refractivity contribution in [3.05, 3.63) is 94.8 Å². The van der Waals surface area contributed by atoms with E-state index in [1.54, 1.807) is 4.90 Å². The van der Waals surface area contributed by atoms with Crippen LogP contribution in [0.2, 0.25) is 0 Å². The highest BCUT2D eigenvalue weighted by Crippen LogP contribution is 2.45. The van der Waals surface area contributed by atoms with Gasteiger partial charge in [-0.3, -0.25) is 4.79 Å². The van der Waals surface area contributed by atoms with Crippen LogP contribution in [0.3, 0.4) is 0 Å². The molecule has 1 aliphatic carbocycles. The van der Waals surface area contributed by atoms with Crippen molar-refractivity contribution in [2.45, 2.75) is 43.7 Å². The van der Waals surface area contributed by atoms with E-state index in [1.807, 2.05) is 24.3 Å². The van der Waals surface area contributed by atoms with Crippen LogP contribution in [0, 0.1) is 23.4 Å². The Morgan fingerprint density at radius 3 is 1.92 bits per heavy atom. The number of carbonyl (C=O) groups is 2. The van der Waals surface area contributed by atoms with Gasteiger partial charge in [-0.25, -0.2) is 18.0 Å². The predicted octanol–water partition coefficient (Wildman–Crippen LogP) is 6.48.